The minimum absolute atomic E-state index is 0.129. The second-order valence-electron chi connectivity index (χ2n) is 5.49. The molecule has 0 aromatic heterocycles. The van der Waals surface area contributed by atoms with E-state index in [1.165, 1.54) is 38.2 Å². The molecular formula is C16H21FN2. The first kappa shape index (κ1) is 14.0. The van der Waals surface area contributed by atoms with Gasteiger partial charge in [0.05, 0.1) is 5.56 Å². The second-order valence-corrected chi connectivity index (χ2v) is 5.49. The van der Waals surface area contributed by atoms with Gasteiger partial charge in [0.2, 0.25) is 0 Å². The maximum Gasteiger partial charge on any atom is 0.140 e. The van der Waals surface area contributed by atoms with E-state index in [2.05, 4.69) is 12.2 Å². The highest BCUT2D eigenvalue weighted by Gasteiger charge is 2.19. The quantitative estimate of drug-likeness (QED) is 0.894. The smallest absolute Gasteiger partial charge is 0.140 e. The molecule has 3 heteroatoms. The number of hydrogen-bond acceptors (Lipinski definition) is 2. The van der Waals surface area contributed by atoms with Crippen molar-refractivity contribution in [1.82, 2.24) is 5.32 Å². The molecule has 0 spiro atoms. The van der Waals surface area contributed by atoms with Crippen LogP contribution in [0.15, 0.2) is 18.2 Å². The second kappa shape index (κ2) is 6.68. The van der Waals surface area contributed by atoms with E-state index in [-0.39, 0.29) is 5.56 Å². The number of benzene rings is 1. The number of rotatable bonds is 4. The maximum atomic E-state index is 13.2. The van der Waals surface area contributed by atoms with Crippen LogP contribution in [-0.2, 0) is 6.54 Å². The largest absolute Gasteiger partial charge is 0.310 e. The summed E-state index contributed by atoms with van der Waals surface area (Å²) in [5, 5.41) is 12.3. The standard InChI is InChI=1S/C16H21FN2/c1-12(14-5-3-2-4-6-14)19-11-13-7-8-16(17)15(9-13)10-18/h7-9,12,14,19H,2-6,11H2,1H3. The van der Waals surface area contributed by atoms with Gasteiger partial charge in [0.25, 0.3) is 0 Å². The monoisotopic (exact) mass is 260 g/mol. The molecule has 0 radical (unpaired) electrons. The van der Waals surface area contributed by atoms with Crippen molar-refractivity contribution in [3.63, 3.8) is 0 Å². The molecule has 1 N–H and O–H groups in total. The van der Waals surface area contributed by atoms with Crippen LogP contribution in [0, 0.1) is 23.1 Å². The van der Waals surface area contributed by atoms with Crippen molar-refractivity contribution in [2.24, 2.45) is 5.92 Å². The summed E-state index contributed by atoms with van der Waals surface area (Å²) in [5.74, 6) is 0.316. The van der Waals surface area contributed by atoms with Gasteiger partial charge < -0.3 is 5.32 Å². The fourth-order valence-electron chi connectivity index (χ4n) is 2.85. The molecule has 0 aliphatic heterocycles. The Balaban J connectivity index is 1.89. The molecule has 1 aromatic rings. The molecule has 0 saturated heterocycles. The third kappa shape index (κ3) is 3.78. The summed E-state index contributed by atoms with van der Waals surface area (Å²) in [6, 6.07) is 7.12. The molecule has 0 bridgehead atoms. The van der Waals surface area contributed by atoms with Crippen LogP contribution >= 0.6 is 0 Å². The van der Waals surface area contributed by atoms with Crippen molar-refractivity contribution in [3.8, 4) is 6.07 Å². The van der Waals surface area contributed by atoms with Crippen LogP contribution in [0.3, 0.4) is 0 Å². The topological polar surface area (TPSA) is 35.8 Å². The van der Waals surface area contributed by atoms with Crippen LogP contribution < -0.4 is 5.32 Å². The molecule has 0 heterocycles. The summed E-state index contributed by atoms with van der Waals surface area (Å²) in [6.45, 7) is 2.93. The lowest BCUT2D eigenvalue weighted by atomic mass is 9.84. The summed E-state index contributed by atoms with van der Waals surface area (Å²) in [4.78, 5) is 0. The van der Waals surface area contributed by atoms with Crippen molar-refractivity contribution in [1.29, 1.82) is 5.26 Å². The summed E-state index contributed by atoms with van der Waals surface area (Å²) in [7, 11) is 0. The van der Waals surface area contributed by atoms with Gasteiger partial charge in [0.15, 0.2) is 0 Å². The summed E-state index contributed by atoms with van der Waals surface area (Å²) >= 11 is 0. The number of nitrogens with zero attached hydrogens (tertiary/aromatic N) is 1. The Morgan fingerprint density at radius 2 is 2.11 bits per heavy atom. The zero-order chi connectivity index (χ0) is 13.7. The van der Waals surface area contributed by atoms with Crippen LogP contribution in [0.1, 0.15) is 50.2 Å². The Hall–Kier alpha value is -1.40. The van der Waals surface area contributed by atoms with Gasteiger partial charge >= 0.3 is 0 Å². The zero-order valence-electron chi connectivity index (χ0n) is 11.5. The first-order valence-electron chi connectivity index (χ1n) is 7.12. The Labute approximate surface area is 114 Å². The highest BCUT2D eigenvalue weighted by Crippen LogP contribution is 2.26. The van der Waals surface area contributed by atoms with Crippen molar-refractivity contribution in [2.45, 2.75) is 51.6 Å². The molecule has 1 aromatic carbocycles. The fraction of sp³-hybridized carbons (Fsp3) is 0.562. The van der Waals surface area contributed by atoms with Crippen molar-refractivity contribution in [3.05, 3.63) is 35.1 Å². The van der Waals surface area contributed by atoms with Gasteiger partial charge in [-0.15, -0.1) is 0 Å². The predicted molar refractivity (Wildman–Crippen MR) is 74.0 cm³/mol. The van der Waals surface area contributed by atoms with E-state index in [1.54, 1.807) is 12.1 Å². The molecule has 1 fully saturated rings. The lowest BCUT2D eigenvalue weighted by Gasteiger charge is -2.28. The Kier molecular flexibility index (Phi) is 4.93. The molecular weight excluding hydrogens is 239 g/mol. The normalized spacial score (nSPS) is 17.9. The molecule has 1 aliphatic rings. The molecule has 2 nitrogen and oxygen atoms in total. The Morgan fingerprint density at radius 1 is 1.37 bits per heavy atom. The first-order chi connectivity index (χ1) is 9.20. The number of hydrogen-bond donors (Lipinski definition) is 1. The lowest BCUT2D eigenvalue weighted by Crippen LogP contribution is -2.34. The fourth-order valence-corrected chi connectivity index (χ4v) is 2.85. The van der Waals surface area contributed by atoms with E-state index in [0.717, 1.165) is 11.5 Å². The molecule has 1 unspecified atom stereocenters. The zero-order valence-corrected chi connectivity index (χ0v) is 11.5. The first-order valence-corrected chi connectivity index (χ1v) is 7.12. The van der Waals surface area contributed by atoms with Crippen LogP contribution in [0.4, 0.5) is 4.39 Å². The molecule has 1 atom stereocenters. The van der Waals surface area contributed by atoms with Gasteiger partial charge in [-0.05, 0) is 43.4 Å². The molecule has 2 rings (SSSR count). The van der Waals surface area contributed by atoms with Crippen LogP contribution in [0.5, 0.6) is 0 Å². The van der Waals surface area contributed by atoms with Gasteiger partial charge in [-0.3, -0.25) is 0 Å². The van der Waals surface area contributed by atoms with Crippen molar-refractivity contribution in [2.75, 3.05) is 0 Å². The number of nitriles is 1. The molecule has 102 valence electrons. The predicted octanol–water partition coefficient (Wildman–Crippen LogP) is 3.76. The van der Waals surface area contributed by atoms with Crippen LogP contribution in [0.25, 0.3) is 0 Å². The van der Waals surface area contributed by atoms with Crippen molar-refractivity contribution >= 4 is 0 Å². The molecule has 0 amide bonds. The van der Waals surface area contributed by atoms with Gasteiger partial charge in [0, 0.05) is 12.6 Å². The van der Waals surface area contributed by atoms with E-state index in [4.69, 9.17) is 5.26 Å². The maximum absolute atomic E-state index is 13.2. The van der Waals surface area contributed by atoms with Gasteiger partial charge in [-0.2, -0.15) is 5.26 Å². The highest BCUT2D eigenvalue weighted by molar-refractivity contribution is 5.34. The summed E-state index contributed by atoms with van der Waals surface area (Å²) in [5.41, 5.74) is 1.10. The van der Waals surface area contributed by atoms with E-state index in [1.807, 2.05) is 6.07 Å². The van der Waals surface area contributed by atoms with Crippen molar-refractivity contribution < 1.29 is 4.39 Å². The minimum atomic E-state index is -0.438. The summed E-state index contributed by atoms with van der Waals surface area (Å²) < 4.78 is 13.2. The average Bonchev–Trinajstić information content (AvgIpc) is 2.47. The SMILES string of the molecule is CC(NCc1ccc(F)c(C#N)c1)C1CCCCC1. The van der Waals surface area contributed by atoms with Crippen LogP contribution in [0.2, 0.25) is 0 Å². The third-order valence-electron chi connectivity index (χ3n) is 4.14. The average molecular weight is 260 g/mol. The van der Waals surface area contributed by atoms with Gasteiger partial charge in [-0.25, -0.2) is 4.39 Å². The summed E-state index contributed by atoms with van der Waals surface area (Å²) in [6.07, 6.45) is 6.66. The molecule has 19 heavy (non-hydrogen) atoms. The van der Waals surface area contributed by atoms with E-state index < -0.39 is 5.82 Å². The van der Waals surface area contributed by atoms with E-state index in [9.17, 15) is 4.39 Å². The third-order valence-corrected chi connectivity index (χ3v) is 4.14. The molecule has 1 saturated carbocycles. The minimum Gasteiger partial charge on any atom is -0.310 e. The molecule has 1 aliphatic carbocycles. The van der Waals surface area contributed by atoms with E-state index in [0.29, 0.717) is 12.6 Å². The van der Waals surface area contributed by atoms with E-state index >= 15 is 0 Å². The number of nitrogens with one attached hydrogen (secondary N) is 1. The number of halogens is 1. The Bertz CT molecular complexity index is 458. The van der Waals surface area contributed by atoms with Gasteiger partial charge in [-0.1, -0.05) is 25.3 Å². The van der Waals surface area contributed by atoms with Crippen LogP contribution in [-0.4, -0.2) is 6.04 Å². The highest BCUT2D eigenvalue weighted by atomic mass is 19.1. The Morgan fingerprint density at radius 3 is 2.79 bits per heavy atom. The van der Waals surface area contributed by atoms with Gasteiger partial charge in [0.1, 0.15) is 11.9 Å². The lowest BCUT2D eigenvalue weighted by molar-refractivity contribution is 0.280.